The zero-order valence-electron chi connectivity index (χ0n) is 14.8. The number of amides is 1. The molecule has 5 nitrogen and oxygen atoms in total. The molecule has 2 aliphatic heterocycles. The molecule has 0 fully saturated rings. The van der Waals surface area contributed by atoms with Gasteiger partial charge < -0.3 is 19.5 Å². The van der Waals surface area contributed by atoms with Gasteiger partial charge in [0, 0.05) is 18.1 Å². The van der Waals surface area contributed by atoms with E-state index in [1.165, 1.54) is 0 Å². The molecular weight excluding hydrogens is 330 g/mol. The second-order valence-corrected chi connectivity index (χ2v) is 7.11. The van der Waals surface area contributed by atoms with Crippen LogP contribution in [0.4, 0.5) is 0 Å². The van der Waals surface area contributed by atoms with E-state index in [4.69, 9.17) is 14.2 Å². The SMILES string of the molecule is CC1(C)CC(NC(=O)/C=C/c2ccc3c(c2)OCO3)c2ccccc2O1. The fraction of sp³-hybridized carbons (Fsp3) is 0.286. The van der Waals surface area contributed by atoms with Gasteiger partial charge in [0.1, 0.15) is 11.4 Å². The molecule has 2 aromatic carbocycles. The predicted octanol–water partition coefficient (Wildman–Crippen LogP) is 3.85. The average molecular weight is 351 g/mol. The monoisotopic (exact) mass is 351 g/mol. The number of hydrogen-bond acceptors (Lipinski definition) is 4. The molecule has 0 saturated carbocycles. The summed E-state index contributed by atoms with van der Waals surface area (Å²) in [5.74, 6) is 2.12. The van der Waals surface area contributed by atoms with Crippen LogP contribution in [-0.2, 0) is 4.79 Å². The van der Waals surface area contributed by atoms with Gasteiger partial charge in [0.15, 0.2) is 11.5 Å². The van der Waals surface area contributed by atoms with Crippen LogP contribution >= 0.6 is 0 Å². The Morgan fingerprint density at radius 3 is 2.81 bits per heavy atom. The Morgan fingerprint density at radius 2 is 1.92 bits per heavy atom. The molecule has 0 spiro atoms. The van der Waals surface area contributed by atoms with Gasteiger partial charge in [-0.3, -0.25) is 4.79 Å². The van der Waals surface area contributed by atoms with E-state index in [0.717, 1.165) is 22.6 Å². The third kappa shape index (κ3) is 3.38. The van der Waals surface area contributed by atoms with E-state index in [1.807, 2.05) is 56.3 Å². The summed E-state index contributed by atoms with van der Waals surface area (Å²) >= 11 is 0. The Bertz CT molecular complexity index is 872. The normalized spacial score (nSPS) is 19.7. The molecule has 134 valence electrons. The largest absolute Gasteiger partial charge is 0.487 e. The van der Waals surface area contributed by atoms with Gasteiger partial charge in [0.2, 0.25) is 12.7 Å². The van der Waals surface area contributed by atoms with Crippen molar-refractivity contribution in [3.63, 3.8) is 0 Å². The summed E-state index contributed by atoms with van der Waals surface area (Å²) in [4.78, 5) is 12.4. The molecule has 4 rings (SSSR count). The Hall–Kier alpha value is -2.95. The minimum Gasteiger partial charge on any atom is -0.487 e. The molecule has 1 amide bonds. The van der Waals surface area contributed by atoms with Gasteiger partial charge in [-0.05, 0) is 43.7 Å². The van der Waals surface area contributed by atoms with Gasteiger partial charge in [-0.25, -0.2) is 0 Å². The average Bonchev–Trinajstić information content (AvgIpc) is 3.06. The third-order valence-electron chi connectivity index (χ3n) is 4.52. The maximum absolute atomic E-state index is 12.4. The van der Waals surface area contributed by atoms with Crippen molar-refractivity contribution in [2.24, 2.45) is 0 Å². The molecule has 0 bridgehead atoms. The summed E-state index contributed by atoms with van der Waals surface area (Å²) < 4.78 is 16.7. The molecule has 5 heteroatoms. The van der Waals surface area contributed by atoms with Crippen LogP contribution in [0.3, 0.4) is 0 Å². The summed E-state index contributed by atoms with van der Waals surface area (Å²) in [5.41, 5.74) is 1.57. The molecule has 1 atom stereocenters. The Kier molecular flexibility index (Phi) is 4.07. The highest BCUT2D eigenvalue weighted by Gasteiger charge is 2.33. The molecule has 2 aliphatic rings. The van der Waals surface area contributed by atoms with E-state index in [-0.39, 0.29) is 24.3 Å². The number of ether oxygens (including phenoxy) is 3. The molecule has 2 heterocycles. The predicted molar refractivity (Wildman–Crippen MR) is 98.2 cm³/mol. The van der Waals surface area contributed by atoms with Crippen LogP contribution < -0.4 is 19.5 Å². The number of para-hydroxylation sites is 1. The van der Waals surface area contributed by atoms with E-state index >= 15 is 0 Å². The van der Waals surface area contributed by atoms with E-state index < -0.39 is 0 Å². The number of benzene rings is 2. The lowest BCUT2D eigenvalue weighted by Crippen LogP contribution is -2.40. The molecule has 0 saturated heterocycles. The lowest BCUT2D eigenvalue weighted by atomic mass is 9.89. The zero-order valence-corrected chi connectivity index (χ0v) is 14.8. The van der Waals surface area contributed by atoms with Crippen molar-refractivity contribution in [1.82, 2.24) is 5.32 Å². The highest BCUT2D eigenvalue weighted by Crippen LogP contribution is 2.39. The highest BCUT2D eigenvalue weighted by atomic mass is 16.7. The van der Waals surface area contributed by atoms with Crippen LogP contribution in [0, 0.1) is 0 Å². The fourth-order valence-electron chi connectivity index (χ4n) is 3.34. The van der Waals surface area contributed by atoms with Crippen molar-refractivity contribution < 1.29 is 19.0 Å². The van der Waals surface area contributed by atoms with E-state index in [1.54, 1.807) is 12.2 Å². The van der Waals surface area contributed by atoms with Crippen molar-refractivity contribution in [3.8, 4) is 17.2 Å². The standard InChI is InChI=1S/C21H21NO4/c1-21(2)12-16(15-5-3-4-6-17(15)26-21)22-20(23)10-8-14-7-9-18-19(11-14)25-13-24-18/h3-11,16H,12-13H2,1-2H3,(H,22,23)/b10-8+. The quantitative estimate of drug-likeness (QED) is 0.854. The molecule has 0 aromatic heterocycles. The number of hydrogen-bond donors (Lipinski definition) is 1. The first-order valence-electron chi connectivity index (χ1n) is 8.66. The lowest BCUT2D eigenvalue weighted by Gasteiger charge is -2.37. The summed E-state index contributed by atoms with van der Waals surface area (Å²) in [6.45, 7) is 4.30. The molecule has 26 heavy (non-hydrogen) atoms. The van der Waals surface area contributed by atoms with Crippen LogP contribution in [0.5, 0.6) is 17.2 Å². The van der Waals surface area contributed by atoms with Gasteiger partial charge in [-0.15, -0.1) is 0 Å². The maximum Gasteiger partial charge on any atom is 0.244 e. The van der Waals surface area contributed by atoms with Crippen LogP contribution in [0.25, 0.3) is 6.08 Å². The summed E-state index contributed by atoms with van der Waals surface area (Å²) in [7, 11) is 0. The van der Waals surface area contributed by atoms with Crippen molar-refractivity contribution in [2.45, 2.75) is 31.9 Å². The number of carbonyl (C=O) groups excluding carboxylic acids is 1. The highest BCUT2D eigenvalue weighted by molar-refractivity contribution is 5.92. The second kappa shape index (κ2) is 6.41. The van der Waals surface area contributed by atoms with Crippen LogP contribution in [0.1, 0.15) is 37.4 Å². The van der Waals surface area contributed by atoms with Crippen molar-refractivity contribution in [2.75, 3.05) is 6.79 Å². The van der Waals surface area contributed by atoms with Gasteiger partial charge in [0.05, 0.1) is 6.04 Å². The third-order valence-corrected chi connectivity index (χ3v) is 4.52. The van der Waals surface area contributed by atoms with E-state index in [2.05, 4.69) is 5.32 Å². The van der Waals surface area contributed by atoms with E-state index in [0.29, 0.717) is 12.2 Å². The Balaban J connectivity index is 1.48. The zero-order chi connectivity index (χ0) is 18.1. The molecule has 0 radical (unpaired) electrons. The molecular formula is C21H21NO4. The number of carbonyl (C=O) groups is 1. The van der Waals surface area contributed by atoms with Crippen LogP contribution in [0.15, 0.2) is 48.5 Å². The Labute approximate surface area is 152 Å². The second-order valence-electron chi connectivity index (χ2n) is 7.11. The molecule has 2 aromatic rings. The van der Waals surface area contributed by atoms with Crippen LogP contribution in [-0.4, -0.2) is 18.3 Å². The minimum atomic E-state index is -0.326. The lowest BCUT2D eigenvalue weighted by molar-refractivity contribution is -0.117. The van der Waals surface area contributed by atoms with Crippen molar-refractivity contribution in [1.29, 1.82) is 0 Å². The first-order valence-corrected chi connectivity index (χ1v) is 8.66. The molecule has 1 N–H and O–H groups in total. The number of nitrogens with one attached hydrogen (secondary N) is 1. The Morgan fingerprint density at radius 1 is 1.12 bits per heavy atom. The van der Waals surface area contributed by atoms with Gasteiger partial charge >= 0.3 is 0 Å². The topological polar surface area (TPSA) is 56.8 Å². The van der Waals surface area contributed by atoms with Crippen molar-refractivity contribution in [3.05, 3.63) is 59.7 Å². The van der Waals surface area contributed by atoms with E-state index in [9.17, 15) is 4.79 Å². The van der Waals surface area contributed by atoms with Gasteiger partial charge in [-0.1, -0.05) is 24.3 Å². The molecule has 1 unspecified atom stereocenters. The summed E-state index contributed by atoms with van der Waals surface area (Å²) in [6.07, 6.45) is 4.03. The number of rotatable bonds is 3. The van der Waals surface area contributed by atoms with Crippen LogP contribution in [0.2, 0.25) is 0 Å². The maximum atomic E-state index is 12.4. The summed E-state index contributed by atoms with van der Waals surface area (Å²) in [5, 5.41) is 3.09. The fourth-order valence-corrected chi connectivity index (χ4v) is 3.34. The molecule has 0 aliphatic carbocycles. The first kappa shape index (κ1) is 16.5. The minimum absolute atomic E-state index is 0.0798. The van der Waals surface area contributed by atoms with Gasteiger partial charge in [0.25, 0.3) is 0 Å². The smallest absolute Gasteiger partial charge is 0.244 e. The van der Waals surface area contributed by atoms with Crippen molar-refractivity contribution >= 4 is 12.0 Å². The summed E-state index contributed by atoms with van der Waals surface area (Å²) in [6, 6.07) is 13.4. The van der Waals surface area contributed by atoms with Gasteiger partial charge in [-0.2, -0.15) is 0 Å². The first-order chi connectivity index (χ1) is 12.5. The number of fused-ring (bicyclic) bond motifs is 2.